The maximum atomic E-state index is 12.4. The molecule has 0 fully saturated rings. The summed E-state index contributed by atoms with van der Waals surface area (Å²) in [5.74, 6) is 2.25. The standard InChI is InChI=1S/C22H30N2O5S2/c1-17-7-5-8-18(13-17)16-30-12-6-11-23-22(25)15-24(31(4,26)27)20-14-19(28-2)9-10-21(20)29-3/h5,7-10,13-14H,6,11-12,15-16H2,1-4H3,(H,23,25). The Bertz CT molecular complexity index is 980. The van der Waals surface area contributed by atoms with Crippen LogP contribution >= 0.6 is 11.8 Å². The van der Waals surface area contributed by atoms with E-state index in [1.807, 2.05) is 0 Å². The summed E-state index contributed by atoms with van der Waals surface area (Å²) in [5.41, 5.74) is 2.78. The fourth-order valence-electron chi connectivity index (χ4n) is 2.95. The van der Waals surface area contributed by atoms with Gasteiger partial charge < -0.3 is 14.8 Å². The van der Waals surface area contributed by atoms with Gasteiger partial charge in [-0.3, -0.25) is 9.10 Å². The van der Waals surface area contributed by atoms with E-state index in [0.717, 1.165) is 28.5 Å². The first-order valence-electron chi connectivity index (χ1n) is 9.84. The molecule has 2 aromatic rings. The van der Waals surface area contributed by atoms with Crippen molar-refractivity contribution in [2.45, 2.75) is 19.1 Å². The van der Waals surface area contributed by atoms with Crippen LogP contribution in [0.3, 0.4) is 0 Å². The van der Waals surface area contributed by atoms with Gasteiger partial charge in [0, 0.05) is 18.4 Å². The minimum absolute atomic E-state index is 0.258. The summed E-state index contributed by atoms with van der Waals surface area (Å²) in [6.45, 7) is 2.22. The molecule has 0 saturated carbocycles. The van der Waals surface area contributed by atoms with Crippen molar-refractivity contribution in [2.24, 2.45) is 0 Å². The lowest BCUT2D eigenvalue weighted by atomic mass is 10.2. The average Bonchev–Trinajstić information content (AvgIpc) is 2.73. The predicted octanol–water partition coefficient (Wildman–Crippen LogP) is 3.22. The molecule has 2 rings (SSSR count). The number of methoxy groups -OCH3 is 2. The number of ether oxygens (including phenoxy) is 2. The Morgan fingerprint density at radius 1 is 1.13 bits per heavy atom. The molecule has 9 heteroatoms. The van der Waals surface area contributed by atoms with Crippen molar-refractivity contribution in [1.82, 2.24) is 5.32 Å². The molecule has 0 aliphatic heterocycles. The van der Waals surface area contributed by atoms with Crippen LogP contribution in [0.15, 0.2) is 42.5 Å². The second kappa shape index (κ2) is 11.9. The van der Waals surface area contributed by atoms with Crippen LogP contribution in [0.5, 0.6) is 11.5 Å². The molecule has 31 heavy (non-hydrogen) atoms. The average molecular weight is 467 g/mol. The van der Waals surface area contributed by atoms with Crippen molar-refractivity contribution in [2.75, 3.05) is 43.6 Å². The zero-order valence-electron chi connectivity index (χ0n) is 18.4. The van der Waals surface area contributed by atoms with Gasteiger partial charge >= 0.3 is 0 Å². The highest BCUT2D eigenvalue weighted by Gasteiger charge is 2.24. The number of anilines is 1. The molecule has 1 N–H and O–H groups in total. The molecule has 0 aliphatic rings. The van der Waals surface area contributed by atoms with Crippen molar-refractivity contribution in [1.29, 1.82) is 0 Å². The van der Waals surface area contributed by atoms with Gasteiger partial charge in [-0.15, -0.1) is 0 Å². The molecule has 0 saturated heterocycles. The first kappa shape index (κ1) is 24.9. The molecular weight excluding hydrogens is 436 g/mol. The van der Waals surface area contributed by atoms with Crippen LogP contribution in [0.2, 0.25) is 0 Å². The van der Waals surface area contributed by atoms with Crippen LogP contribution in [0.4, 0.5) is 5.69 Å². The van der Waals surface area contributed by atoms with E-state index >= 15 is 0 Å². The fourth-order valence-corrected chi connectivity index (χ4v) is 4.71. The van der Waals surface area contributed by atoms with Gasteiger partial charge in [0.25, 0.3) is 0 Å². The van der Waals surface area contributed by atoms with E-state index < -0.39 is 10.0 Å². The molecule has 0 radical (unpaired) electrons. The Morgan fingerprint density at radius 2 is 1.90 bits per heavy atom. The van der Waals surface area contributed by atoms with E-state index in [0.29, 0.717) is 18.0 Å². The van der Waals surface area contributed by atoms with E-state index in [-0.39, 0.29) is 18.1 Å². The summed E-state index contributed by atoms with van der Waals surface area (Å²) >= 11 is 1.80. The number of hydrogen-bond acceptors (Lipinski definition) is 6. The van der Waals surface area contributed by atoms with Gasteiger partial charge in [-0.05, 0) is 36.8 Å². The number of sulfonamides is 1. The highest BCUT2D eigenvalue weighted by Crippen LogP contribution is 2.33. The second-order valence-electron chi connectivity index (χ2n) is 7.05. The number of thioether (sulfide) groups is 1. The monoisotopic (exact) mass is 466 g/mol. The summed E-state index contributed by atoms with van der Waals surface area (Å²) in [6.07, 6.45) is 1.85. The first-order chi connectivity index (χ1) is 14.7. The van der Waals surface area contributed by atoms with Crippen molar-refractivity contribution in [3.05, 3.63) is 53.6 Å². The molecule has 0 aromatic heterocycles. The minimum Gasteiger partial charge on any atom is -0.497 e. The minimum atomic E-state index is -3.71. The number of nitrogens with zero attached hydrogens (tertiary/aromatic N) is 1. The molecule has 0 heterocycles. The zero-order chi connectivity index (χ0) is 22.9. The number of hydrogen-bond donors (Lipinski definition) is 1. The van der Waals surface area contributed by atoms with Crippen LogP contribution in [-0.4, -0.2) is 53.6 Å². The Balaban J connectivity index is 1.88. The topological polar surface area (TPSA) is 84.9 Å². The van der Waals surface area contributed by atoms with E-state index in [1.165, 1.54) is 31.4 Å². The van der Waals surface area contributed by atoms with Gasteiger partial charge in [0.2, 0.25) is 15.9 Å². The van der Waals surface area contributed by atoms with E-state index in [1.54, 1.807) is 23.9 Å². The Morgan fingerprint density at radius 3 is 2.55 bits per heavy atom. The number of benzene rings is 2. The molecule has 1 amide bonds. The van der Waals surface area contributed by atoms with Crippen molar-refractivity contribution in [3.8, 4) is 11.5 Å². The lowest BCUT2D eigenvalue weighted by molar-refractivity contribution is -0.119. The number of carbonyl (C=O) groups is 1. The Hall–Kier alpha value is -2.39. The molecule has 0 unspecified atom stereocenters. The smallest absolute Gasteiger partial charge is 0.240 e. The van der Waals surface area contributed by atoms with Crippen molar-refractivity contribution < 1.29 is 22.7 Å². The summed E-state index contributed by atoms with van der Waals surface area (Å²) in [6, 6.07) is 13.2. The Kier molecular flexibility index (Phi) is 9.51. The predicted molar refractivity (Wildman–Crippen MR) is 127 cm³/mol. The molecule has 0 spiro atoms. The molecule has 170 valence electrons. The summed E-state index contributed by atoms with van der Waals surface area (Å²) in [7, 11) is -0.780. The van der Waals surface area contributed by atoms with Gasteiger partial charge in [0.05, 0.1) is 26.2 Å². The molecule has 7 nitrogen and oxygen atoms in total. The number of aryl methyl sites for hydroxylation is 1. The third-order valence-corrected chi connectivity index (χ3v) is 6.72. The molecule has 0 aliphatic carbocycles. The number of rotatable bonds is 12. The molecule has 0 bridgehead atoms. The molecule has 2 aromatic carbocycles. The number of carbonyl (C=O) groups excluding carboxylic acids is 1. The van der Waals surface area contributed by atoms with Crippen molar-refractivity contribution >= 4 is 33.4 Å². The lowest BCUT2D eigenvalue weighted by Crippen LogP contribution is -2.40. The summed E-state index contributed by atoms with van der Waals surface area (Å²) in [4.78, 5) is 12.4. The van der Waals surface area contributed by atoms with Crippen LogP contribution in [-0.2, 0) is 20.6 Å². The Labute approximate surface area is 189 Å². The van der Waals surface area contributed by atoms with E-state index in [9.17, 15) is 13.2 Å². The SMILES string of the molecule is COc1ccc(OC)c(N(CC(=O)NCCCSCc2cccc(C)c2)S(C)(=O)=O)c1. The van der Waals surface area contributed by atoms with Gasteiger partial charge in [0.1, 0.15) is 18.0 Å². The lowest BCUT2D eigenvalue weighted by Gasteiger charge is -2.24. The van der Waals surface area contributed by atoms with Gasteiger partial charge in [0.15, 0.2) is 0 Å². The maximum absolute atomic E-state index is 12.4. The third kappa shape index (κ3) is 7.99. The fraction of sp³-hybridized carbons (Fsp3) is 0.409. The van der Waals surface area contributed by atoms with Gasteiger partial charge in [-0.2, -0.15) is 11.8 Å². The highest BCUT2D eigenvalue weighted by atomic mass is 32.2. The van der Waals surface area contributed by atoms with Crippen molar-refractivity contribution in [3.63, 3.8) is 0 Å². The normalized spacial score (nSPS) is 11.1. The number of nitrogens with one attached hydrogen (secondary N) is 1. The van der Waals surface area contributed by atoms with Gasteiger partial charge in [-0.25, -0.2) is 8.42 Å². The summed E-state index contributed by atoms with van der Waals surface area (Å²) < 4.78 is 36.2. The largest absolute Gasteiger partial charge is 0.497 e. The van der Waals surface area contributed by atoms with Crippen LogP contribution < -0.4 is 19.1 Å². The molecular formula is C22H30N2O5S2. The second-order valence-corrected chi connectivity index (χ2v) is 10.1. The first-order valence-corrected chi connectivity index (χ1v) is 12.8. The van der Waals surface area contributed by atoms with Crippen LogP contribution in [0.25, 0.3) is 0 Å². The third-order valence-electron chi connectivity index (χ3n) is 4.48. The van der Waals surface area contributed by atoms with Crippen LogP contribution in [0, 0.1) is 6.92 Å². The van der Waals surface area contributed by atoms with E-state index in [2.05, 4.69) is 36.5 Å². The van der Waals surface area contributed by atoms with E-state index in [4.69, 9.17) is 9.47 Å². The zero-order valence-corrected chi connectivity index (χ0v) is 20.0. The van der Waals surface area contributed by atoms with Gasteiger partial charge in [-0.1, -0.05) is 29.8 Å². The maximum Gasteiger partial charge on any atom is 0.240 e. The number of amides is 1. The van der Waals surface area contributed by atoms with Crippen LogP contribution in [0.1, 0.15) is 17.5 Å². The molecule has 0 atom stereocenters. The highest BCUT2D eigenvalue weighted by molar-refractivity contribution is 7.98. The summed E-state index contributed by atoms with van der Waals surface area (Å²) in [5, 5.41) is 2.80. The quantitative estimate of drug-likeness (QED) is 0.484.